The Balaban J connectivity index is 2.23. The van der Waals surface area contributed by atoms with E-state index in [4.69, 9.17) is 9.72 Å². The van der Waals surface area contributed by atoms with Crippen molar-refractivity contribution in [3.63, 3.8) is 0 Å². The molecule has 4 heteroatoms. The van der Waals surface area contributed by atoms with Gasteiger partial charge in [0.05, 0.1) is 0 Å². The monoisotopic (exact) mass is 245 g/mol. The molecule has 1 fully saturated rings. The third-order valence-corrected chi connectivity index (χ3v) is 3.33. The van der Waals surface area contributed by atoms with Crippen molar-refractivity contribution >= 4 is 11.2 Å². The van der Waals surface area contributed by atoms with E-state index in [9.17, 15) is 0 Å². The van der Waals surface area contributed by atoms with Gasteiger partial charge in [-0.05, 0) is 45.7 Å². The van der Waals surface area contributed by atoms with Crippen LogP contribution in [-0.4, -0.2) is 21.1 Å². The van der Waals surface area contributed by atoms with Crippen LogP contribution in [0.2, 0.25) is 0 Å². The summed E-state index contributed by atoms with van der Waals surface area (Å²) >= 11 is 0. The van der Waals surface area contributed by atoms with E-state index in [2.05, 4.69) is 30.3 Å². The van der Waals surface area contributed by atoms with Gasteiger partial charge in [0.15, 0.2) is 5.65 Å². The summed E-state index contributed by atoms with van der Waals surface area (Å²) in [7, 11) is 0. The van der Waals surface area contributed by atoms with E-state index < -0.39 is 0 Å². The van der Waals surface area contributed by atoms with Crippen LogP contribution in [0.4, 0.5) is 0 Å². The topological polar surface area (TPSA) is 39.9 Å². The van der Waals surface area contributed by atoms with Gasteiger partial charge in [0, 0.05) is 18.3 Å². The van der Waals surface area contributed by atoms with Crippen LogP contribution in [0.15, 0.2) is 18.3 Å². The predicted octanol–water partition coefficient (Wildman–Crippen LogP) is 3.04. The van der Waals surface area contributed by atoms with Crippen LogP contribution < -0.4 is 0 Å². The molecule has 96 valence electrons. The standard InChI is InChI=1S/C14H19N3O/c1-14(2,3)17-12-10(6-4-8-15-12)16-13(17)11-7-5-9-18-11/h4,6,8,11H,5,7,9H2,1-3H3. The van der Waals surface area contributed by atoms with Gasteiger partial charge in [-0.3, -0.25) is 0 Å². The predicted molar refractivity (Wildman–Crippen MR) is 70.5 cm³/mol. The molecule has 1 atom stereocenters. The summed E-state index contributed by atoms with van der Waals surface area (Å²) < 4.78 is 8.01. The molecule has 0 bridgehead atoms. The molecule has 0 saturated carbocycles. The number of hydrogen-bond donors (Lipinski definition) is 0. The lowest BCUT2D eigenvalue weighted by molar-refractivity contribution is 0.0984. The summed E-state index contributed by atoms with van der Waals surface area (Å²) in [6.07, 6.45) is 4.12. The van der Waals surface area contributed by atoms with Gasteiger partial charge in [-0.1, -0.05) is 0 Å². The van der Waals surface area contributed by atoms with E-state index in [-0.39, 0.29) is 11.6 Å². The SMILES string of the molecule is CC(C)(C)n1c(C2CCCO2)nc2cccnc21. The number of nitrogens with zero attached hydrogens (tertiary/aromatic N) is 3. The maximum absolute atomic E-state index is 5.79. The number of rotatable bonds is 1. The van der Waals surface area contributed by atoms with Crippen LogP contribution in [0, 0.1) is 0 Å². The van der Waals surface area contributed by atoms with Crippen LogP contribution >= 0.6 is 0 Å². The van der Waals surface area contributed by atoms with Gasteiger partial charge in [-0.2, -0.15) is 0 Å². The van der Waals surface area contributed by atoms with Gasteiger partial charge in [0.2, 0.25) is 0 Å². The minimum absolute atomic E-state index is 0.0373. The Morgan fingerprint density at radius 2 is 2.22 bits per heavy atom. The van der Waals surface area contributed by atoms with E-state index in [1.54, 1.807) is 0 Å². The molecule has 4 nitrogen and oxygen atoms in total. The van der Waals surface area contributed by atoms with Crippen LogP contribution in [0.3, 0.4) is 0 Å². The highest BCUT2D eigenvalue weighted by atomic mass is 16.5. The van der Waals surface area contributed by atoms with Crippen molar-refractivity contribution in [2.45, 2.75) is 45.3 Å². The molecule has 1 aliphatic heterocycles. The molecule has 0 radical (unpaired) electrons. The Bertz CT molecular complexity index is 562. The quantitative estimate of drug-likeness (QED) is 0.775. The summed E-state index contributed by atoms with van der Waals surface area (Å²) in [5, 5.41) is 0. The molecule has 0 spiro atoms. The van der Waals surface area contributed by atoms with Crippen LogP contribution in [0.25, 0.3) is 11.2 Å². The molecule has 18 heavy (non-hydrogen) atoms. The van der Waals surface area contributed by atoms with E-state index in [0.717, 1.165) is 36.4 Å². The molecule has 2 aromatic rings. The van der Waals surface area contributed by atoms with Crippen molar-refractivity contribution in [2.75, 3.05) is 6.61 Å². The zero-order valence-electron chi connectivity index (χ0n) is 11.2. The second kappa shape index (κ2) is 4.05. The molecular weight excluding hydrogens is 226 g/mol. The molecule has 1 unspecified atom stereocenters. The Hall–Kier alpha value is -1.42. The van der Waals surface area contributed by atoms with Gasteiger partial charge >= 0.3 is 0 Å². The minimum atomic E-state index is -0.0373. The lowest BCUT2D eigenvalue weighted by atomic mass is 10.1. The number of hydrogen-bond acceptors (Lipinski definition) is 3. The molecule has 3 rings (SSSR count). The number of pyridine rings is 1. The third-order valence-electron chi connectivity index (χ3n) is 3.33. The first-order chi connectivity index (χ1) is 8.57. The van der Waals surface area contributed by atoms with Gasteiger partial charge in [-0.25, -0.2) is 9.97 Å². The van der Waals surface area contributed by atoms with Gasteiger partial charge in [0.25, 0.3) is 0 Å². The fraction of sp³-hybridized carbons (Fsp3) is 0.571. The molecule has 1 aliphatic rings. The molecule has 0 N–H and O–H groups in total. The number of ether oxygens (including phenoxy) is 1. The Morgan fingerprint density at radius 3 is 2.89 bits per heavy atom. The van der Waals surface area contributed by atoms with Gasteiger partial charge < -0.3 is 9.30 Å². The van der Waals surface area contributed by atoms with Crippen molar-refractivity contribution in [2.24, 2.45) is 0 Å². The zero-order chi connectivity index (χ0) is 12.8. The summed E-state index contributed by atoms with van der Waals surface area (Å²) in [5.41, 5.74) is 1.87. The smallest absolute Gasteiger partial charge is 0.160 e. The highest BCUT2D eigenvalue weighted by Crippen LogP contribution is 2.33. The van der Waals surface area contributed by atoms with Crippen molar-refractivity contribution < 1.29 is 4.74 Å². The van der Waals surface area contributed by atoms with Crippen molar-refractivity contribution in [1.82, 2.24) is 14.5 Å². The second-order valence-corrected chi connectivity index (χ2v) is 5.82. The lowest BCUT2D eigenvalue weighted by Gasteiger charge is -2.25. The van der Waals surface area contributed by atoms with Crippen molar-refractivity contribution in [3.05, 3.63) is 24.2 Å². The first-order valence-electron chi connectivity index (χ1n) is 6.53. The number of aromatic nitrogens is 3. The van der Waals surface area contributed by atoms with Crippen molar-refractivity contribution in [1.29, 1.82) is 0 Å². The van der Waals surface area contributed by atoms with E-state index in [1.165, 1.54) is 0 Å². The molecular formula is C14H19N3O. The fourth-order valence-electron chi connectivity index (χ4n) is 2.59. The van der Waals surface area contributed by atoms with Crippen LogP contribution in [0.1, 0.15) is 45.5 Å². The van der Waals surface area contributed by atoms with E-state index in [0.29, 0.717) is 0 Å². The first-order valence-corrected chi connectivity index (χ1v) is 6.53. The van der Waals surface area contributed by atoms with Gasteiger partial charge in [0.1, 0.15) is 17.4 Å². The highest BCUT2D eigenvalue weighted by Gasteiger charge is 2.29. The highest BCUT2D eigenvalue weighted by molar-refractivity contribution is 5.71. The largest absolute Gasteiger partial charge is 0.370 e. The lowest BCUT2D eigenvalue weighted by Crippen LogP contribution is -2.25. The maximum Gasteiger partial charge on any atom is 0.160 e. The molecule has 1 saturated heterocycles. The summed E-state index contributed by atoms with van der Waals surface area (Å²) in [6.45, 7) is 7.38. The zero-order valence-corrected chi connectivity index (χ0v) is 11.2. The van der Waals surface area contributed by atoms with E-state index >= 15 is 0 Å². The average molecular weight is 245 g/mol. The minimum Gasteiger partial charge on any atom is -0.370 e. The Labute approximate surface area is 107 Å². The normalized spacial score (nSPS) is 20.7. The summed E-state index contributed by atoms with van der Waals surface area (Å²) in [5.74, 6) is 1.02. The molecule has 0 aliphatic carbocycles. The summed E-state index contributed by atoms with van der Waals surface area (Å²) in [6, 6.07) is 3.95. The van der Waals surface area contributed by atoms with Crippen molar-refractivity contribution in [3.8, 4) is 0 Å². The molecule has 0 amide bonds. The van der Waals surface area contributed by atoms with Crippen LogP contribution in [0.5, 0.6) is 0 Å². The third kappa shape index (κ3) is 1.81. The first kappa shape index (κ1) is 11.7. The second-order valence-electron chi connectivity index (χ2n) is 5.82. The van der Waals surface area contributed by atoms with Gasteiger partial charge in [-0.15, -0.1) is 0 Å². The number of fused-ring (bicyclic) bond motifs is 1. The number of imidazole rings is 1. The van der Waals surface area contributed by atoms with E-state index in [1.807, 2.05) is 18.3 Å². The summed E-state index contributed by atoms with van der Waals surface area (Å²) in [4.78, 5) is 9.22. The maximum atomic E-state index is 5.79. The molecule has 2 aromatic heterocycles. The Morgan fingerprint density at radius 1 is 1.39 bits per heavy atom. The fourth-order valence-corrected chi connectivity index (χ4v) is 2.59. The van der Waals surface area contributed by atoms with Crippen LogP contribution in [-0.2, 0) is 10.3 Å². The molecule has 3 heterocycles. The average Bonchev–Trinajstić information content (AvgIpc) is 2.94. The molecule has 0 aromatic carbocycles. The Kier molecular flexibility index (Phi) is 2.63.